The van der Waals surface area contributed by atoms with Crippen LogP contribution in [0, 0.1) is 0 Å². The molecule has 7 nitrogen and oxygen atoms in total. The van der Waals surface area contributed by atoms with Crippen LogP contribution in [-0.4, -0.2) is 44.1 Å². The monoisotopic (exact) mass is 380 g/mol. The summed E-state index contributed by atoms with van der Waals surface area (Å²) in [4.78, 5) is 18.0. The van der Waals surface area contributed by atoms with Crippen molar-refractivity contribution in [1.82, 2.24) is 0 Å². The molecule has 1 saturated heterocycles. The van der Waals surface area contributed by atoms with Gasteiger partial charge >= 0.3 is 0 Å². The van der Waals surface area contributed by atoms with Gasteiger partial charge in [0.15, 0.2) is 0 Å². The molecule has 0 saturated carbocycles. The Bertz CT molecular complexity index is 699. The van der Waals surface area contributed by atoms with Crippen LogP contribution in [0.1, 0.15) is 51.7 Å². The van der Waals surface area contributed by atoms with Gasteiger partial charge in [0.05, 0.1) is 11.7 Å². The molecule has 3 rings (SSSR count). The van der Waals surface area contributed by atoms with Crippen LogP contribution in [0.3, 0.4) is 0 Å². The largest absolute Gasteiger partial charge is 0.508 e. The number of carbonyl (C=O) groups is 2. The number of fused-ring (bicyclic) bond motifs is 1. The predicted octanol–water partition coefficient (Wildman–Crippen LogP) is 3.26. The van der Waals surface area contributed by atoms with Crippen molar-refractivity contribution >= 4 is 11.9 Å². The number of benzene rings is 1. The Labute approximate surface area is 158 Å². The molecule has 27 heavy (non-hydrogen) atoms. The number of rotatable bonds is 3. The topological polar surface area (TPSA) is 128 Å². The lowest BCUT2D eigenvalue weighted by molar-refractivity contribution is -0.135. The smallest absolute Gasteiger partial charge is 0.300 e. The number of hydrogen-bond donors (Lipinski definition) is 4. The summed E-state index contributed by atoms with van der Waals surface area (Å²) in [7, 11) is 0. The van der Waals surface area contributed by atoms with E-state index in [1.54, 1.807) is 12.1 Å². The first-order chi connectivity index (χ1) is 12.4. The molecule has 0 aromatic heterocycles. The van der Waals surface area contributed by atoms with Gasteiger partial charge in [-0.1, -0.05) is 11.6 Å². The van der Waals surface area contributed by atoms with E-state index in [1.165, 1.54) is 5.57 Å². The zero-order chi connectivity index (χ0) is 20.8. The minimum absolute atomic E-state index is 0.0491. The molecule has 0 radical (unpaired) electrons. The molecule has 2 aliphatic rings. The van der Waals surface area contributed by atoms with Gasteiger partial charge in [-0.05, 0) is 51.7 Å². The molecular formula is C20H28O7. The van der Waals surface area contributed by atoms with Crippen LogP contribution in [0.4, 0.5) is 0 Å². The van der Waals surface area contributed by atoms with E-state index in [1.807, 2.05) is 0 Å². The SMILES string of the molecule is CC(=O)O.CC(=O)O.CC1(C)OC1CCC1=CCc2c(O)ccc(O)c2C1. The number of carboxylic acid groups (broad SMARTS) is 2. The van der Waals surface area contributed by atoms with Crippen molar-refractivity contribution in [2.45, 2.75) is 65.1 Å². The summed E-state index contributed by atoms with van der Waals surface area (Å²) in [5, 5.41) is 34.5. The van der Waals surface area contributed by atoms with E-state index in [9.17, 15) is 10.2 Å². The Hall–Kier alpha value is -2.54. The highest BCUT2D eigenvalue weighted by atomic mass is 16.6. The second-order valence-electron chi connectivity index (χ2n) is 7.09. The Kier molecular flexibility index (Phi) is 7.84. The number of allylic oxidation sites excluding steroid dienone is 2. The van der Waals surface area contributed by atoms with E-state index in [-0.39, 0.29) is 11.4 Å². The minimum Gasteiger partial charge on any atom is -0.508 e. The number of hydrogen-bond acceptors (Lipinski definition) is 5. The van der Waals surface area contributed by atoms with E-state index in [0.717, 1.165) is 44.2 Å². The van der Waals surface area contributed by atoms with Crippen LogP contribution in [-0.2, 0) is 27.2 Å². The minimum atomic E-state index is -0.833. The summed E-state index contributed by atoms with van der Waals surface area (Å²) in [6, 6.07) is 3.14. The highest BCUT2D eigenvalue weighted by Crippen LogP contribution is 2.40. The predicted molar refractivity (Wildman–Crippen MR) is 100 cm³/mol. The third-order valence-electron chi connectivity index (χ3n) is 4.27. The molecule has 150 valence electrons. The van der Waals surface area contributed by atoms with Crippen molar-refractivity contribution in [3.8, 4) is 11.5 Å². The molecule has 1 aromatic rings. The molecule has 4 N–H and O–H groups in total. The molecule has 7 heteroatoms. The van der Waals surface area contributed by atoms with Crippen LogP contribution >= 0.6 is 0 Å². The summed E-state index contributed by atoms with van der Waals surface area (Å²) >= 11 is 0. The zero-order valence-electron chi connectivity index (χ0n) is 16.2. The highest BCUT2D eigenvalue weighted by molar-refractivity contribution is 5.63. The maximum Gasteiger partial charge on any atom is 0.300 e. The summed E-state index contributed by atoms with van der Waals surface area (Å²) < 4.78 is 5.59. The fourth-order valence-electron chi connectivity index (χ4n) is 2.88. The number of ether oxygens (including phenoxy) is 1. The first-order valence-corrected chi connectivity index (χ1v) is 8.71. The Morgan fingerprint density at radius 1 is 1.07 bits per heavy atom. The zero-order valence-corrected chi connectivity index (χ0v) is 16.2. The quantitative estimate of drug-likeness (QED) is 0.360. The average Bonchev–Trinajstić information content (AvgIpc) is 3.15. The third kappa shape index (κ3) is 7.70. The molecule has 1 atom stereocenters. The van der Waals surface area contributed by atoms with E-state index >= 15 is 0 Å². The highest BCUT2D eigenvalue weighted by Gasteiger charge is 2.46. The van der Waals surface area contributed by atoms with E-state index in [4.69, 9.17) is 24.5 Å². The molecule has 0 amide bonds. The standard InChI is InChI=1S/C16H20O3.2C2H4O2/c1-16(2)15(19-16)8-4-10-3-5-11-12(9-10)14(18)7-6-13(11)17;2*1-2(3)4/h3,6-7,15,17-18H,4-5,8-9H2,1-2H3;2*1H3,(H,3,4). The van der Waals surface area contributed by atoms with Gasteiger partial charge in [-0.15, -0.1) is 0 Å². The fourth-order valence-corrected chi connectivity index (χ4v) is 2.88. The molecule has 0 spiro atoms. The molecule has 1 heterocycles. The molecule has 1 fully saturated rings. The van der Waals surface area contributed by atoms with E-state index < -0.39 is 11.9 Å². The third-order valence-corrected chi connectivity index (χ3v) is 4.27. The first-order valence-electron chi connectivity index (χ1n) is 8.71. The van der Waals surface area contributed by atoms with E-state index in [0.29, 0.717) is 18.3 Å². The van der Waals surface area contributed by atoms with Gasteiger partial charge in [-0.3, -0.25) is 9.59 Å². The summed E-state index contributed by atoms with van der Waals surface area (Å²) in [5.41, 5.74) is 3.13. The van der Waals surface area contributed by atoms with E-state index in [2.05, 4.69) is 19.9 Å². The summed E-state index contributed by atoms with van der Waals surface area (Å²) in [6.45, 7) is 6.40. The molecule has 1 aliphatic heterocycles. The number of aliphatic carboxylic acids is 2. The average molecular weight is 380 g/mol. The number of aromatic hydroxyl groups is 2. The molecule has 0 bridgehead atoms. The molecule has 1 aromatic carbocycles. The van der Waals surface area contributed by atoms with Gasteiger partial charge in [0.25, 0.3) is 11.9 Å². The second-order valence-corrected chi connectivity index (χ2v) is 7.09. The Morgan fingerprint density at radius 2 is 1.52 bits per heavy atom. The number of phenolic OH excluding ortho intramolecular Hbond substituents is 2. The summed E-state index contributed by atoms with van der Waals surface area (Å²) in [6.07, 6.45) is 6.03. The van der Waals surface area contributed by atoms with Crippen LogP contribution in [0.15, 0.2) is 23.8 Å². The number of phenols is 2. The van der Waals surface area contributed by atoms with Crippen molar-refractivity contribution in [2.24, 2.45) is 0 Å². The molecule has 1 aliphatic carbocycles. The lowest BCUT2D eigenvalue weighted by Gasteiger charge is -2.19. The number of epoxide rings is 1. The van der Waals surface area contributed by atoms with Gasteiger partial charge in [0, 0.05) is 25.0 Å². The van der Waals surface area contributed by atoms with Crippen molar-refractivity contribution in [3.63, 3.8) is 0 Å². The van der Waals surface area contributed by atoms with Crippen molar-refractivity contribution in [2.75, 3.05) is 0 Å². The van der Waals surface area contributed by atoms with Crippen molar-refractivity contribution in [1.29, 1.82) is 0 Å². The normalized spacial score (nSPS) is 18.5. The van der Waals surface area contributed by atoms with Crippen molar-refractivity contribution in [3.05, 3.63) is 34.9 Å². The van der Waals surface area contributed by atoms with Crippen LogP contribution in [0.25, 0.3) is 0 Å². The van der Waals surface area contributed by atoms with Crippen LogP contribution in [0.2, 0.25) is 0 Å². The molecule has 1 unspecified atom stereocenters. The van der Waals surface area contributed by atoms with Gasteiger partial charge < -0.3 is 25.2 Å². The van der Waals surface area contributed by atoms with Gasteiger partial charge in [0.1, 0.15) is 11.5 Å². The van der Waals surface area contributed by atoms with Crippen LogP contribution in [0.5, 0.6) is 11.5 Å². The van der Waals surface area contributed by atoms with Gasteiger partial charge in [0.2, 0.25) is 0 Å². The Morgan fingerprint density at radius 3 is 1.96 bits per heavy atom. The molecular weight excluding hydrogens is 352 g/mol. The lowest BCUT2D eigenvalue weighted by atomic mass is 9.87. The summed E-state index contributed by atoms with van der Waals surface area (Å²) in [5.74, 6) is -1.09. The number of carboxylic acids is 2. The fraction of sp³-hybridized carbons (Fsp3) is 0.500. The van der Waals surface area contributed by atoms with Crippen molar-refractivity contribution < 1.29 is 34.8 Å². The Balaban J connectivity index is 0.000000390. The maximum absolute atomic E-state index is 9.91. The van der Waals surface area contributed by atoms with Gasteiger partial charge in [-0.25, -0.2) is 0 Å². The van der Waals surface area contributed by atoms with Gasteiger partial charge in [-0.2, -0.15) is 0 Å². The maximum atomic E-state index is 9.91. The first kappa shape index (κ1) is 22.5. The van der Waals surface area contributed by atoms with Crippen LogP contribution < -0.4 is 0 Å². The lowest BCUT2D eigenvalue weighted by Crippen LogP contribution is -2.07. The second kappa shape index (κ2) is 9.41.